The zero-order valence-electron chi connectivity index (χ0n) is 15.7. The number of aryl methyl sites for hydroxylation is 1. The lowest BCUT2D eigenvalue weighted by atomic mass is 9.76. The minimum absolute atomic E-state index is 0.155. The fraction of sp³-hybridized carbons (Fsp3) is 0.348. The molecule has 0 saturated heterocycles. The topological polar surface area (TPSA) is 49.3 Å². The maximum absolute atomic E-state index is 12.8. The van der Waals surface area contributed by atoms with Crippen LogP contribution in [0, 0.1) is 12.8 Å². The summed E-state index contributed by atoms with van der Waals surface area (Å²) in [5.41, 5.74) is 3.52. The molecule has 2 aliphatic rings. The van der Waals surface area contributed by atoms with Crippen molar-refractivity contribution in [1.29, 1.82) is 0 Å². The molecule has 1 amide bonds. The lowest BCUT2D eigenvalue weighted by molar-refractivity contribution is -0.116. The summed E-state index contributed by atoms with van der Waals surface area (Å²) < 4.78 is 0. The lowest BCUT2D eigenvalue weighted by Crippen LogP contribution is -2.47. The van der Waals surface area contributed by atoms with Crippen molar-refractivity contribution in [2.45, 2.75) is 45.1 Å². The number of rotatable bonds is 2. The highest BCUT2D eigenvalue weighted by Gasteiger charge is 2.47. The molecule has 1 heterocycles. The van der Waals surface area contributed by atoms with Crippen LogP contribution in [0.2, 0.25) is 5.02 Å². The van der Waals surface area contributed by atoms with Crippen LogP contribution in [0.25, 0.3) is 16.7 Å². The van der Waals surface area contributed by atoms with Crippen LogP contribution < -0.4 is 5.32 Å². The molecule has 1 aliphatic heterocycles. The summed E-state index contributed by atoms with van der Waals surface area (Å²) in [6, 6.07) is 13.9. The van der Waals surface area contributed by atoms with Gasteiger partial charge in [0.1, 0.15) is 5.76 Å². The predicted octanol–water partition coefficient (Wildman–Crippen LogP) is 5.66. The second-order valence-electron chi connectivity index (χ2n) is 8.00. The molecular formula is C23H24ClNO2. The van der Waals surface area contributed by atoms with Crippen LogP contribution >= 0.6 is 11.6 Å². The van der Waals surface area contributed by atoms with Crippen LogP contribution in [0.5, 0.6) is 0 Å². The summed E-state index contributed by atoms with van der Waals surface area (Å²) >= 11 is 6.44. The van der Waals surface area contributed by atoms with Gasteiger partial charge in [0, 0.05) is 10.6 Å². The number of benzene rings is 2. The van der Waals surface area contributed by atoms with Crippen LogP contribution in [0.4, 0.5) is 0 Å². The van der Waals surface area contributed by atoms with Crippen molar-refractivity contribution in [1.82, 2.24) is 5.32 Å². The largest absolute Gasteiger partial charge is 0.509 e. The minimum atomic E-state index is -0.623. The highest BCUT2D eigenvalue weighted by atomic mass is 35.5. The third-order valence-electron chi connectivity index (χ3n) is 6.02. The summed E-state index contributed by atoms with van der Waals surface area (Å²) in [6.07, 6.45) is 3.53. The van der Waals surface area contributed by atoms with Crippen molar-refractivity contribution in [3.63, 3.8) is 0 Å². The van der Waals surface area contributed by atoms with Crippen molar-refractivity contribution in [3.05, 3.63) is 64.4 Å². The number of amides is 1. The first-order valence-electron chi connectivity index (χ1n) is 9.53. The van der Waals surface area contributed by atoms with E-state index >= 15 is 0 Å². The number of carbonyl (C=O) groups excluding carboxylic acids is 1. The fourth-order valence-corrected chi connectivity index (χ4v) is 4.41. The Morgan fingerprint density at radius 2 is 1.70 bits per heavy atom. The van der Waals surface area contributed by atoms with Crippen LogP contribution in [0.1, 0.15) is 43.7 Å². The molecule has 2 aromatic rings. The fourth-order valence-electron chi connectivity index (χ4n) is 4.19. The van der Waals surface area contributed by atoms with Gasteiger partial charge in [0.25, 0.3) is 5.91 Å². The van der Waals surface area contributed by atoms with E-state index in [9.17, 15) is 9.90 Å². The van der Waals surface area contributed by atoms with E-state index in [2.05, 4.69) is 36.5 Å². The Labute approximate surface area is 165 Å². The monoisotopic (exact) mass is 381 g/mol. The maximum atomic E-state index is 12.8. The maximum Gasteiger partial charge on any atom is 0.256 e. The molecule has 2 aromatic carbocycles. The van der Waals surface area contributed by atoms with Crippen molar-refractivity contribution < 1.29 is 9.90 Å². The van der Waals surface area contributed by atoms with Crippen molar-refractivity contribution in [2.75, 3.05) is 0 Å². The predicted molar refractivity (Wildman–Crippen MR) is 110 cm³/mol. The second-order valence-corrected chi connectivity index (χ2v) is 8.41. The Hall–Kier alpha value is -2.26. The van der Waals surface area contributed by atoms with E-state index in [0.717, 1.165) is 36.8 Å². The first-order chi connectivity index (χ1) is 12.9. The molecule has 0 radical (unpaired) electrons. The van der Waals surface area contributed by atoms with E-state index < -0.39 is 5.54 Å². The Morgan fingerprint density at radius 3 is 2.37 bits per heavy atom. The van der Waals surface area contributed by atoms with Crippen LogP contribution in [0.3, 0.4) is 0 Å². The Morgan fingerprint density at radius 1 is 1.07 bits per heavy atom. The molecule has 2 N–H and O–H groups in total. The summed E-state index contributed by atoms with van der Waals surface area (Å²) in [4.78, 5) is 12.8. The van der Waals surface area contributed by atoms with E-state index in [1.54, 1.807) is 6.07 Å². The molecular weight excluding hydrogens is 358 g/mol. The molecule has 1 fully saturated rings. The van der Waals surface area contributed by atoms with Gasteiger partial charge in [-0.25, -0.2) is 0 Å². The third-order valence-corrected chi connectivity index (χ3v) is 6.35. The highest BCUT2D eigenvalue weighted by molar-refractivity contribution is 6.35. The number of hydrogen-bond donors (Lipinski definition) is 2. The molecule has 0 aromatic heterocycles. The summed E-state index contributed by atoms with van der Waals surface area (Å²) in [5.74, 6) is 0.546. The zero-order chi connectivity index (χ0) is 19.2. The van der Waals surface area contributed by atoms with Gasteiger partial charge >= 0.3 is 0 Å². The number of aliphatic hydroxyl groups excluding tert-OH is 1. The average molecular weight is 382 g/mol. The lowest BCUT2D eigenvalue weighted by Gasteiger charge is -2.36. The number of nitrogens with one attached hydrogen (secondary N) is 1. The molecule has 3 nitrogen and oxygen atoms in total. The molecule has 0 atom stereocenters. The van der Waals surface area contributed by atoms with Crippen LogP contribution in [-0.4, -0.2) is 16.6 Å². The average Bonchev–Trinajstić information content (AvgIpc) is 2.89. The smallest absolute Gasteiger partial charge is 0.256 e. The van der Waals surface area contributed by atoms with Gasteiger partial charge in [-0.3, -0.25) is 4.79 Å². The SMILES string of the molecule is Cc1ccc(-c2ccc(Cl)c(C3=C(O)C4(CCC(C)CC4)NC3=O)c2)cc1. The van der Waals surface area contributed by atoms with Gasteiger partial charge in [-0.05, 0) is 61.8 Å². The van der Waals surface area contributed by atoms with Crippen LogP contribution in [0.15, 0.2) is 48.2 Å². The number of hydrogen-bond acceptors (Lipinski definition) is 2. The molecule has 1 saturated carbocycles. The normalized spacial score (nSPS) is 25.1. The minimum Gasteiger partial charge on any atom is -0.509 e. The Kier molecular flexibility index (Phi) is 4.51. The number of halogens is 1. The molecule has 27 heavy (non-hydrogen) atoms. The number of carbonyl (C=O) groups is 1. The number of aliphatic hydroxyl groups is 1. The summed E-state index contributed by atoms with van der Waals surface area (Å²) in [7, 11) is 0. The van der Waals surface area contributed by atoms with Crippen LogP contribution in [-0.2, 0) is 4.79 Å². The first-order valence-corrected chi connectivity index (χ1v) is 9.91. The van der Waals surface area contributed by atoms with Crippen molar-refractivity contribution in [2.24, 2.45) is 5.92 Å². The van der Waals surface area contributed by atoms with E-state index in [-0.39, 0.29) is 11.7 Å². The molecule has 4 heteroatoms. The van der Waals surface area contributed by atoms with E-state index in [1.807, 2.05) is 19.1 Å². The standard InChI is InChI=1S/C23H24ClNO2/c1-14-3-5-16(6-4-14)17-7-8-19(24)18(13-17)20-21(26)23(25-22(20)27)11-9-15(2)10-12-23/h3-8,13,15,26H,9-12H2,1-2H3,(H,25,27). The molecule has 140 valence electrons. The van der Waals surface area contributed by atoms with Crippen molar-refractivity contribution >= 4 is 23.1 Å². The van der Waals surface area contributed by atoms with Gasteiger partial charge in [0.05, 0.1) is 11.1 Å². The molecule has 0 unspecified atom stereocenters. The van der Waals surface area contributed by atoms with E-state index in [0.29, 0.717) is 22.1 Å². The van der Waals surface area contributed by atoms with Gasteiger partial charge in [-0.1, -0.05) is 54.4 Å². The molecule has 1 spiro atoms. The van der Waals surface area contributed by atoms with Gasteiger partial charge in [-0.15, -0.1) is 0 Å². The summed E-state index contributed by atoms with van der Waals surface area (Å²) in [5, 5.41) is 14.6. The first kappa shape index (κ1) is 18.1. The molecule has 1 aliphatic carbocycles. The van der Waals surface area contributed by atoms with Crippen molar-refractivity contribution in [3.8, 4) is 11.1 Å². The zero-order valence-corrected chi connectivity index (χ0v) is 16.4. The molecule has 0 bridgehead atoms. The molecule has 4 rings (SSSR count). The summed E-state index contributed by atoms with van der Waals surface area (Å²) in [6.45, 7) is 4.26. The van der Waals surface area contributed by atoms with E-state index in [1.165, 1.54) is 5.56 Å². The second kappa shape index (κ2) is 6.72. The van der Waals surface area contributed by atoms with Gasteiger partial charge < -0.3 is 10.4 Å². The van der Waals surface area contributed by atoms with Gasteiger partial charge in [0.15, 0.2) is 0 Å². The third kappa shape index (κ3) is 3.14. The Bertz CT molecular complexity index is 922. The highest BCUT2D eigenvalue weighted by Crippen LogP contribution is 2.44. The van der Waals surface area contributed by atoms with E-state index in [4.69, 9.17) is 11.6 Å². The Balaban J connectivity index is 1.78. The quantitative estimate of drug-likeness (QED) is 0.704. The van der Waals surface area contributed by atoms with Gasteiger partial charge in [-0.2, -0.15) is 0 Å². The van der Waals surface area contributed by atoms with Gasteiger partial charge in [0.2, 0.25) is 0 Å².